The van der Waals surface area contributed by atoms with Crippen LogP contribution in [0.4, 0.5) is 14.9 Å². The molecule has 1 aliphatic rings. The lowest BCUT2D eigenvalue weighted by Gasteiger charge is -2.37. The molecule has 2 N–H and O–H groups in total. The summed E-state index contributed by atoms with van der Waals surface area (Å²) in [6.07, 6.45) is 2.13. The lowest BCUT2D eigenvalue weighted by molar-refractivity contribution is -0.126. The zero-order valence-corrected chi connectivity index (χ0v) is 17.9. The Balaban J connectivity index is 1.51. The molecule has 32 heavy (non-hydrogen) atoms. The van der Waals surface area contributed by atoms with E-state index in [4.69, 9.17) is 4.42 Å². The van der Waals surface area contributed by atoms with Crippen LogP contribution in [0.25, 0.3) is 0 Å². The van der Waals surface area contributed by atoms with Crippen molar-refractivity contribution in [1.29, 1.82) is 0 Å². The Kier molecular flexibility index (Phi) is 6.54. The molecule has 1 fully saturated rings. The van der Waals surface area contributed by atoms with Gasteiger partial charge >= 0.3 is 6.03 Å². The van der Waals surface area contributed by atoms with Crippen LogP contribution in [-0.4, -0.2) is 29.9 Å². The van der Waals surface area contributed by atoms with Crippen molar-refractivity contribution in [3.63, 3.8) is 0 Å². The summed E-state index contributed by atoms with van der Waals surface area (Å²) < 4.78 is 19.1. The van der Waals surface area contributed by atoms with Gasteiger partial charge in [0.2, 0.25) is 5.91 Å². The molecule has 2 aromatic carbocycles. The summed E-state index contributed by atoms with van der Waals surface area (Å²) in [6.45, 7) is 2.76. The Morgan fingerprint density at radius 3 is 2.62 bits per heavy atom. The van der Waals surface area contributed by atoms with Crippen molar-refractivity contribution in [2.75, 3.05) is 18.4 Å². The van der Waals surface area contributed by atoms with E-state index in [2.05, 4.69) is 10.6 Å². The number of hydrogen-bond acceptors (Lipinski definition) is 3. The van der Waals surface area contributed by atoms with Gasteiger partial charge in [0, 0.05) is 24.7 Å². The molecule has 0 bridgehead atoms. The highest BCUT2D eigenvalue weighted by molar-refractivity contribution is 5.90. The summed E-state index contributed by atoms with van der Waals surface area (Å²) in [5, 5.41) is 5.80. The maximum atomic E-state index is 13.8. The fourth-order valence-electron chi connectivity index (χ4n) is 4.07. The van der Waals surface area contributed by atoms with Gasteiger partial charge in [-0.3, -0.25) is 4.79 Å². The van der Waals surface area contributed by atoms with Gasteiger partial charge in [-0.1, -0.05) is 30.3 Å². The normalized spacial score (nSPS) is 18.2. The first-order valence-electron chi connectivity index (χ1n) is 10.7. The van der Waals surface area contributed by atoms with Crippen LogP contribution in [-0.2, 0) is 11.3 Å². The predicted molar refractivity (Wildman–Crippen MR) is 120 cm³/mol. The summed E-state index contributed by atoms with van der Waals surface area (Å²) in [5.74, 6) is -0.212. The maximum Gasteiger partial charge on any atom is 0.321 e. The van der Waals surface area contributed by atoms with Crippen LogP contribution >= 0.6 is 0 Å². The molecule has 1 aromatic heterocycles. The minimum atomic E-state index is -0.393. The number of likely N-dealkylation sites (tertiary alicyclic amines) is 1. The van der Waals surface area contributed by atoms with Gasteiger partial charge in [0.05, 0.1) is 18.7 Å². The molecular formula is C25H26FN3O3. The second kappa shape index (κ2) is 9.68. The third-order valence-corrected chi connectivity index (χ3v) is 5.80. The van der Waals surface area contributed by atoms with Crippen molar-refractivity contribution in [2.24, 2.45) is 5.92 Å². The molecule has 7 heteroatoms. The minimum Gasteiger partial charge on any atom is -0.467 e. The average molecular weight is 435 g/mol. The van der Waals surface area contributed by atoms with Crippen LogP contribution in [0.3, 0.4) is 0 Å². The van der Waals surface area contributed by atoms with Crippen LogP contribution in [0.2, 0.25) is 0 Å². The first kappa shape index (κ1) is 21.6. The summed E-state index contributed by atoms with van der Waals surface area (Å²) in [7, 11) is 0. The Bertz CT molecular complexity index is 1070. The van der Waals surface area contributed by atoms with Crippen LogP contribution in [0.1, 0.15) is 29.2 Å². The number of carbonyl (C=O) groups is 2. The highest BCUT2D eigenvalue weighted by Crippen LogP contribution is 2.32. The van der Waals surface area contributed by atoms with Gasteiger partial charge in [0.1, 0.15) is 11.6 Å². The minimum absolute atomic E-state index is 0.0797. The number of urea groups is 1. The van der Waals surface area contributed by atoms with Crippen LogP contribution < -0.4 is 10.6 Å². The van der Waals surface area contributed by atoms with Crippen molar-refractivity contribution in [3.05, 3.63) is 89.6 Å². The highest BCUT2D eigenvalue weighted by Gasteiger charge is 2.34. The van der Waals surface area contributed by atoms with E-state index in [0.29, 0.717) is 43.1 Å². The SMILES string of the molecule is Cc1cc([C@@H]2C[C@@H](C(=O)NCc3ccco3)CN(C(=O)Nc3ccccc3)C2)ccc1F. The average Bonchev–Trinajstić information content (AvgIpc) is 3.33. The number of amides is 3. The third-order valence-electron chi connectivity index (χ3n) is 5.80. The molecule has 1 aliphatic heterocycles. The smallest absolute Gasteiger partial charge is 0.321 e. The van der Waals surface area contributed by atoms with Crippen molar-refractivity contribution in [3.8, 4) is 0 Å². The monoisotopic (exact) mass is 435 g/mol. The Hall–Kier alpha value is -3.61. The lowest BCUT2D eigenvalue weighted by atomic mass is 9.83. The van der Waals surface area contributed by atoms with E-state index in [-0.39, 0.29) is 23.7 Å². The number of rotatable bonds is 5. The highest BCUT2D eigenvalue weighted by atomic mass is 19.1. The molecule has 166 valence electrons. The number of furan rings is 1. The van der Waals surface area contributed by atoms with E-state index in [1.54, 1.807) is 42.4 Å². The molecule has 3 amide bonds. The fraction of sp³-hybridized carbons (Fsp3) is 0.280. The van der Waals surface area contributed by atoms with E-state index in [9.17, 15) is 14.0 Å². The first-order chi connectivity index (χ1) is 15.5. The van der Waals surface area contributed by atoms with E-state index < -0.39 is 5.92 Å². The van der Waals surface area contributed by atoms with Crippen molar-refractivity contribution in [2.45, 2.75) is 25.8 Å². The molecule has 0 aliphatic carbocycles. The van der Waals surface area contributed by atoms with Gasteiger partial charge in [-0.25, -0.2) is 9.18 Å². The number of piperidine rings is 1. The predicted octanol–water partition coefficient (Wildman–Crippen LogP) is 4.68. The standard InChI is InChI=1S/C25H26FN3O3/c1-17-12-18(9-10-23(17)26)19-13-20(24(30)27-14-22-8-5-11-32-22)16-29(15-19)25(31)28-21-6-3-2-4-7-21/h2-12,19-20H,13-16H2,1H3,(H,27,30)(H,28,31)/t19-,20-/m1/s1. The summed E-state index contributed by atoms with van der Waals surface area (Å²) in [4.78, 5) is 27.6. The molecule has 0 spiro atoms. The summed E-state index contributed by atoms with van der Waals surface area (Å²) in [5.41, 5.74) is 2.16. The summed E-state index contributed by atoms with van der Waals surface area (Å²) >= 11 is 0. The van der Waals surface area contributed by atoms with Crippen molar-refractivity contribution < 1.29 is 18.4 Å². The Morgan fingerprint density at radius 2 is 1.91 bits per heavy atom. The van der Waals surface area contributed by atoms with Crippen LogP contribution in [0.15, 0.2) is 71.3 Å². The van der Waals surface area contributed by atoms with Gasteiger partial charge in [-0.15, -0.1) is 0 Å². The number of nitrogens with zero attached hydrogens (tertiary/aromatic N) is 1. The number of anilines is 1. The Morgan fingerprint density at radius 1 is 1.09 bits per heavy atom. The molecule has 4 rings (SSSR count). The number of carbonyl (C=O) groups excluding carboxylic acids is 2. The van der Waals surface area contributed by atoms with E-state index in [0.717, 1.165) is 5.56 Å². The molecule has 3 aromatic rings. The second-order valence-corrected chi connectivity index (χ2v) is 8.14. The van der Waals surface area contributed by atoms with E-state index in [1.165, 1.54) is 6.07 Å². The molecule has 0 unspecified atom stereocenters. The first-order valence-corrected chi connectivity index (χ1v) is 10.7. The number of hydrogen-bond donors (Lipinski definition) is 2. The van der Waals surface area contributed by atoms with Crippen molar-refractivity contribution in [1.82, 2.24) is 10.2 Å². The largest absolute Gasteiger partial charge is 0.467 e. The topological polar surface area (TPSA) is 74.6 Å². The van der Waals surface area contributed by atoms with E-state index >= 15 is 0 Å². The van der Waals surface area contributed by atoms with Gasteiger partial charge in [0.25, 0.3) is 0 Å². The molecule has 0 saturated carbocycles. The second-order valence-electron chi connectivity index (χ2n) is 8.14. The van der Waals surface area contributed by atoms with Gasteiger partial charge in [-0.05, 0) is 54.8 Å². The molecule has 1 saturated heterocycles. The van der Waals surface area contributed by atoms with Crippen LogP contribution in [0.5, 0.6) is 0 Å². The number of para-hydroxylation sites is 1. The number of aryl methyl sites for hydroxylation is 1. The van der Waals surface area contributed by atoms with Crippen molar-refractivity contribution >= 4 is 17.6 Å². The molecule has 0 radical (unpaired) electrons. The Labute approximate surface area is 186 Å². The van der Waals surface area contributed by atoms with Gasteiger partial charge < -0.3 is 20.0 Å². The number of nitrogens with one attached hydrogen (secondary N) is 2. The maximum absolute atomic E-state index is 13.8. The zero-order chi connectivity index (χ0) is 22.5. The molecule has 2 atom stereocenters. The quantitative estimate of drug-likeness (QED) is 0.611. The number of halogens is 1. The number of benzene rings is 2. The van der Waals surface area contributed by atoms with Gasteiger partial charge in [-0.2, -0.15) is 0 Å². The van der Waals surface area contributed by atoms with Crippen LogP contribution in [0, 0.1) is 18.7 Å². The molecular weight excluding hydrogens is 409 g/mol. The third kappa shape index (κ3) is 5.17. The zero-order valence-electron chi connectivity index (χ0n) is 17.9. The van der Waals surface area contributed by atoms with E-state index in [1.807, 2.05) is 30.3 Å². The van der Waals surface area contributed by atoms with Gasteiger partial charge in [0.15, 0.2) is 0 Å². The molecule has 6 nitrogen and oxygen atoms in total. The lowest BCUT2D eigenvalue weighted by Crippen LogP contribution is -2.49. The fourth-order valence-corrected chi connectivity index (χ4v) is 4.07. The summed E-state index contributed by atoms with van der Waals surface area (Å²) in [6, 6.07) is 17.5. The molecule has 2 heterocycles.